The Morgan fingerprint density at radius 2 is 1.93 bits per heavy atom. The third-order valence-electron chi connectivity index (χ3n) is 4.97. The summed E-state index contributed by atoms with van der Waals surface area (Å²) in [6.07, 6.45) is 1.72. The normalized spacial score (nSPS) is 15.1. The molecule has 0 bridgehead atoms. The van der Waals surface area contributed by atoms with Gasteiger partial charge in [-0.05, 0) is 36.4 Å². The van der Waals surface area contributed by atoms with Gasteiger partial charge in [0.15, 0.2) is 12.3 Å². The summed E-state index contributed by atoms with van der Waals surface area (Å²) in [5, 5.41) is 0. The fourth-order valence-corrected chi connectivity index (χ4v) is 3.42. The number of ether oxygens (including phenoxy) is 1. The minimum Gasteiger partial charge on any atom is -0.497 e. The predicted molar refractivity (Wildman–Crippen MR) is 102 cm³/mol. The van der Waals surface area contributed by atoms with Crippen LogP contribution in [-0.4, -0.2) is 38.3 Å². The second-order valence-electron chi connectivity index (χ2n) is 6.74. The standard InChI is InChI=1S/C21H22FN3O2/c1-26-19-4-2-3-18(13-19)25-11-9-24(10-12-25)15-21-23-14-20(27-21)16-5-7-17(22)8-6-16/h2-8,13-14H,9-12,15H2,1H3/p+1. The Morgan fingerprint density at radius 1 is 1.15 bits per heavy atom. The summed E-state index contributed by atoms with van der Waals surface area (Å²) in [6, 6.07) is 14.5. The molecule has 2 aromatic carbocycles. The number of aromatic nitrogens is 1. The molecule has 0 unspecified atom stereocenters. The average molecular weight is 368 g/mol. The van der Waals surface area contributed by atoms with Crippen LogP contribution >= 0.6 is 0 Å². The van der Waals surface area contributed by atoms with E-state index in [0.29, 0.717) is 5.76 Å². The molecule has 140 valence electrons. The van der Waals surface area contributed by atoms with Gasteiger partial charge in [-0.25, -0.2) is 9.37 Å². The Labute approximate surface area is 158 Å². The van der Waals surface area contributed by atoms with Gasteiger partial charge in [0, 0.05) is 17.3 Å². The fourth-order valence-electron chi connectivity index (χ4n) is 3.42. The van der Waals surface area contributed by atoms with Gasteiger partial charge in [0.2, 0.25) is 0 Å². The molecule has 5 nitrogen and oxygen atoms in total. The maximum Gasteiger partial charge on any atom is 0.250 e. The van der Waals surface area contributed by atoms with Crippen LogP contribution in [0.15, 0.2) is 59.1 Å². The molecule has 3 aromatic rings. The van der Waals surface area contributed by atoms with Gasteiger partial charge in [0.1, 0.15) is 11.6 Å². The van der Waals surface area contributed by atoms with E-state index in [-0.39, 0.29) is 5.82 Å². The van der Waals surface area contributed by atoms with Gasteiger partial charge < -0.3 is 19.0 Å². The third kappa shape index (κ3) is 4.11. The Kier molecular flexibility index (Phi) is 5.07. The van der Waals surface area contributed by atoms with E-state index in [1.54, 1.807) is 25.4 Å². The number of halogens is 1. The van der Waals surface area contributed by atoms with Crippen LogP contribution in [0.2, 0.25) is 0 Å². The Morgan fingerprint density at radius 3 is 2.67 bits per heavy atom. The van der Waals surface area contributed by atoms with Crippen LogP contribution in [0.25, 0.3) is 11.3 Å². The van der Waals surface area contributed by atoms with Crippen molar-refractivity contribution in [2.75, 3.05) is 38.2 Å². The highest BCUT2D eigenvalue weighted by Crippen LogP contribution is 2.22. The van der Waals surface area contributed by atoms with Crippen LogP contribution in [0.3, 0.4) is 0 Å². The second kappa shape index (κ2) is 7.80. The topological polar surface area (TPSA) is 42.9 Å². The van der Waals surface area contributed by atoms with Crippen molar-refractivity contribution in [1.82, 2.24) is 4.98 Å². The van der Waals surface area contributed by atoms with E-state index < -0.39 is 0 Å². The van der Waals surface area contributed by atoms with Gasteiger partial charge in [0.25, 0.3) is 5.89 Å². The second-order valence-corrected chi connectivity index (χ2v) is 6.74. The number of piperazine rings is 1. The summed E-state index contributed by atoms with van der Waals surface area (Å²) in [6.45, 7) is 4.76. The van der Waals surface area contributed by atoms with E-state index >= 15 is 0 Å². The highest BCUT2D eigenvalue weighted by atomic mass is 19.1. The Hall–Kier alpha value is -2.86. The van der Waals surface area contributed by atoms with Gasteiger partial charge in [-0.1, -0.05) is 6.07 Å². The molecule has 1 N–H and O–H groups in total. The zero-order valence-corrected chi connectivity index (χ0v) is 15.3. The predicted octanol–water partition coefficient (Wildman–Crippen LogP) is 2.39. The fraction of sp³-hybridized carbons (Fsp3) is 0.286. The van der Waals surface area contributed by atoms with Crippen LogP contribution in [0.5, 0.6) is 5.75 Å². The lowest BCUT2D eigenvalue weighted by molar-refractivity contribution is -0.915. The van der Waals surface area contributed by atoms with E-state index in [1.165, 1.54) is 22.7 Å². The molecule has 2 heterocycles. The zero-order chi connectivity index (χ0) is 18.6. The van der Waals surface area contributed by atoms with E-state index in [2.05, 4.69) is 22.0 Å². The molecule has 0 amide bonds. The molecule has 1 saturated heterocycles. The van der Waals surface area contributed by atoms with Crippen molar-refractivity contribution in [3.8, 4) is 17.1 Å². The van der Waals surface area contributed by atoms with Crippen LogP contribution in [0, 0.1) is 5.82 Å². The van der Waals surface area contributed by atoms with Crippen molar-refractivity contribution >= 4 is 5.69 Å². The van der Waals surface area contributed by atoms with E-state index in [9.17, 15) is 4.39 Å². The van der Waals surface area contributed by atoms with E-state index in [0.717, 1.165) is 49.9 Å². The Balaban J connectivity index is 1.35. The number of hydrogen-bond donors (Lipinski definition) is 1. The number of hydrogen-bond acceptors (Lipinski definition) is 4. The molecule has 0 atom stereocenters. The molecule has 0 aliphatic carbocycles. The van der Waals surface area contributed by atoms with Crippen LogP contribution in [0.4, 0.5) is 10.1 Å². The lowest BCUT2D eigenvalue weighted by atomic mass is 10.2. The maximum absolute atomic E-state index is 13.1. The van der Waals surface area contributed by atoms with E-state index in [4.69, 9.17) is 9.15 Å². The summed E-state index contributed by atoms with van der Waals surface area (Å²) in [7, 11) is 1.69. The van der Waals surface area contributed by atoms with Crippen molar-refractivity contribution < 1.29 is 18.4 Å². The van der Waals surface area contributed by atoms with Crippen molar-refractivity contribution in [2.45, 2.75) is 6.54 Å². The number of oxazole rings is 1. The largest absolute Gasteiger partial charge is 0.497 e. The molecule has 1 aliphatic rings. The molecule has 0 radical (unpaired) electrons. The molecule has 1 fully saturated rings. The summed E-state index contributed by atoms with van der Waals surface area (Å²) >= 11 is 0. The summed E-state index contributed by atoms with van der Waals surface area (Å²) in [5.74, 6) is 2.03. The first kappa shape index (κ1) is 17.5. The van der Waals surface area contributed by atoms with Gasteiger partial charge in [-0.2, -0.15) is 0 Å². The molecule has 6 heteroatoms. The number of quaternary nitrogens is 1. The third-order valence-corrected chi connectivity index (χ3v) is 4.97. The maximum atomic E-state index is 13.1. The van der Waals surface area contributed by atoms with E-state index in [1.807, 2.05) is 12.1 Å². The SMILES string of the molecule is COc1cccc(N2CC[NH+](Cc3ncc(-c4ccc(F)cc4)o3)CC2)c1. The minimum absolute atomic E-state index is 0.253. The van der Waals surface area contributed by atoms with Crippen molar-refractivity contribution in [3.63, 3.8) is 0 Å². The molecule has 1 aromatic heterocycles. The van der Waals surface area contributed by atoms with Crippen LogP contribution < -0.4 is 14.5 Å². The van der Waals surface area contributed by atoms with Gasteiger partial charge >= 0.3 is 0 Å². The molecule has 4 rings (SSSR count). The van der Waals surface area contributed by atoms with Gasteiger partial charge in [0.05, 0.1) is 39.5 Å². The first-order valence-corrected chi connectivity index (χ1v) is 9.14. The molecular weight excluding hydrogens is 345 g/mol. The lowest BCUT2D eigenvalue weighted by Crippen LogP contribution is -3.13. The highest BCUT2D eigenvalue weighted by Gasteiger charge is 2.22. The minimum atomic E-state index is -0.253. The number of nitrogens with zero attached hydrogens (tertiary/aromatic N) is 2. The quantitative estimate of drug-likeness (QED) is 0.751. The number of benzene rings is 2. The highest BCUT2D eigenvalue weighted by molar-refractivity contribution is 5.55. The number of rotatable bonds is 5. The molecule has 1 aliphatic heterocycles. The zero-order valence-electron chi connectivity index (χ0n) is 15.3. The van der Waals surface area contributed by atoms with Gasteiger partial charge in [-0.15, -0.1) is 0 Å². The van der Waals surface area contributed by atoms with Crippen molar-refractivity contribution in [2.24, 2.45) is 0 Å². The Bertz CT molecular complexity index is 886. The number of methoxy groups -OCH3 is 1. The molecule has 27 heavy (non-hydrogen) atoms. The first-order chi connectivity index (χ1) is 13.2. The lowest BCUT2D eigenvalue weighted by Gasteiger charge is -2.33. The number of anilines is 1. The van der Waals surface area contributed by atoms with Gasteiger partial charge in [-0.3, -0.25) is 0 Å². The smallest absolute Gasteiger partial charge is 0.250 e. The average Bonchev–Trinajstić information content (AvgIpc) is 3.17. The van der Waals surface area contributed by atoms with Crippen LogP contribution in [0.1, 0.15) is 5.89 Å². The van der Waals surface area contributed by atoms with Crippen molar-refractivity contribution in [1.29, 1.82) is 0 Å². The summed E-state index contributed by atoms with van der Waals surface area (Å²) in [5.41, 5.74) is 2.04. The first-order valence-electron chi connectivity index (χ1n) is 9.14. The molecule has 0 spiro atoms. The molecule has 0 saturated carbocycles. The molecular formula is C21H23FN3O2+. The van der Waals surface area contributed by atoms with Crippen molar-refractivity contribution in [3.05, 3.63) is 66.4 Å². The number of nitrogens with one attached hydrogen (secondary N) is 1. The summed E-state index contributed by atoms with van der Waals surface area (Å²) in [4.78, 5) is 8.22. The van der Waals surface area contributed by atoms with Crippen LogP contribution in [-0.2, 0) is 6.54 Å². The monoisotopic (exact) mass is 368 g/mol. The summed E-state index contributed by atoms with van der Waals surface area (Å²) < 4.78 is 24.2.